The monoisotopic (exact) mass is 244 g/mol. The molecule has 3 nitrogen and oxygen atoms in total. The topological polar surface area (TPSA) is 29.3 Å². The van der Waals surface area contributed by atoms with Gasteiger partial charge >= 0.3 is 0 Å². The Bertz CT molecular complexity index is 538. The number of nitrogens with zero attached hydrogens (tertiary/aromatic N) is 2. The average molecular weight is 244 g/mol. The summed E-state index contributed by atoms with van der Waals surface area (Å²) in [4.78, 5) is 2.50. The molecule has 18 heavy (non-hydrogen) atoms. The molecule has 0 amide bonds. The number of rotatable bonds is 2. The van der Waals surface area contributed by atoms with Gasteiger partial charge in [0.15, 0.2) is 5.58 Å². The van der Waals surface area contributed by atoms with Crippen LogP contribution in [-0.2, 0) is 0 Å². The molecule has 0 N–H and O–H groups in total. The Morgan fingerprint density at radius 3 is 2.83 bits per heavy atom. The molecule has 96 valence electrons. The number of hydrogen-bond donors (Lipinski definition) is 0. The van der Waals surface area contributed by atoms with Crippen molar-refractivity contribution in [1.82, 2.24) is 10.1 Å². The lowest BCUT2D eigenvalue weighted by atomic mass is 9.91. The van der Waals surface area contributed by atoms with Gasteiger partial charge < -0.3 is 9.42 Å². The zero-order chi connectivity index (χ0) is 12.5. The van der Waals surface area contributed by atoms with Crippen LogP contribution < -0.4 is 0 Å². The molecule has 1 aromatic carbocycles. The molecule has 1 aromatic heterocycles. The number of aromatic nitrogens is 1. The standard InChI is InChI=1S/C15H20N2O/c1-3-17-8-6-12(7-9-17)15-13-5-4-11(2)10-14(13)18-16-15/h4-5,10,12H,3,6-9H2,1-2H3. The first-order valence-electron chi connectivity index (χ1n) is 6.86. The van der Waals surface area contributed by atoms with Crippen molar-refractivity contribution in [2.45, 2.75) is 32.6 Å². The maximum Gasteiger partial charge on any atom is 0.167 e. The molecule has 0 bridgehead atoms. The van der Waals surface area contributed by atoms with Gasteiger partial charge in [-0.1, -0.05) is 18.1 Å². The van der Waals surface area contributed by atoms with Crippen LogP contribution in [0.3, 0.4) is 0 Å². The van der Waals surface area contributed by atoms with Gasteiger partial charge in [-0.3, -0.25) is 0 Å². The molecule has 3 heteroatoms. The highest BCUT2D eigenvalue weighted by Crippen LogP contribution is 2.32. The maximum atomic E-state index is 5.47. The molecule has 0 radical (unpaired) electrons. The summed E-state index contributed by atoms with van der Waals surface area (Å²) in [7, 11) is 0. The van der Waals surface area contributed by atoms with Crippen LogP contribution in [0, 0.1) is 6.92 Å². The van der Waals surface area contributed by atoms with Gasteiger partial charge in [-0.15, -0.1) is 0 Å². The van der Waals surface area contributed by atoms with E-state index in [-0.39, 0.29) is 0 Å². The fourth-order valence-electron chi connectivity index (χ4n) is 2.88. The number of piperidine rings is 1. The van der Waals surface area contributed by atoms with E-state index in [1.54, 1.807) is 0 Å². The average Bonchev–Trinajstić information content (AvgIpc) is 2.81. The molecule has 2 heterocycles. The third-order valence-corrected chi connectivity index (χ3v) is 4.08. The largest absolute Gasteiger partial charge is 0.356 e. The quantitative estimate of drug-likeness (QED) is 0.811. The Morgan fingerprint density at radius 2 is 2.11 bits per heavy atom. The van der Waals surface area contributed by atoms with Crippen molar-refractivity contribution in [3.05, 3.63) is 29.5 Å². The fraction of sp³-hybridized carbons (Fsp3) is 0.533. The van der Waals surface area contributed by atoms with Crippen LogP contribution >= 0.6 is 0 Å². The van der Waals surface area contributed by atoms with Crippen LogP contribution in [0.2, 0.25) is 0 Å². The van der Waals surface area contributed by atoms with Gasteiger partial charge in [0.2, 0.25) is 0 Å². The van der Waals surface area contributed by atoms with Crippen molar-refractivity contribution < 1.29 is 4.52 Å². The summed E-state index contributed by atoms with van der Waals surface area (Å²) in [6.45, 7) is 7.84. The van der Waals surface area contributed by atoms with Crippen molar-refractivity contribution in [3.63, 3.8) is 0 Å². The first-order chi connectivity index (χ1) is 8.78. The minimum absolute atomic E-state index is 0.566. The van der Waals surface area contributed by atoms with E-state index in [4.69, 9.17) is 4.52 Å². The number of fused-ring (bicyclic) bond motifs is 1. The Labute approximate surface area is 108 Å². The third-order valence-electron chi connectivity index (χ3n) is 4.08. The van der Waals surface area contributed by atoms with E-state index < -0.39 is 0 Å². The van der Waals surface area contributed by atoms with Crippen LogP contribution in [-0.4, -0.2) is 29.7 Å². The molecular formula is C15H20N2O. The molecule has 1 saturated heterocycles. The van der Waals surface area contributed by atoms with Crippen molar-refractivity contribution in [1.29, 1.82) is 0 Å². The predicted molar refractivity (Wildman–Crippen MR) is 72.8 cm³/mol. The SMILES string of the molecule is CCN1CCC(c2noc3cc(C)ccc23)CC1. The van der Waals surface area contributed by atoms with Crippen molar-refractivity contribution in [2.75, 3.05) is 19.6 Å². The highest BCUT2D eigenvalue weighted by molar-refractivity contribution is 5.80. The van der Waals surface area contributed by atoms with Gasteiger partial charge in [-0.2, -0.15) is 0 Å². The second kappa shape index (κ2) is 4.73. The van der Waals surface area contributed by atoms with E-state index in [1.165, 1.54) is 42.6 Å². The molecular weight excluding hydrogens is 224 g/mol. The molecule has 0 unspecified atom stereocenters. The van der Waals surface area contributed by atoms with E-state index >= 15 is 0 Å². The van der Waals surface area contributed by atoms with E-state index in [0.29, 0.717) is 5.92 Å². The summed E-state index contributed by atoms with van der Waals surface area (Å²) in [5.41, 5.74) is 3.33. The first-order valence-corrected chi connectivity index (χ1v) is 6.86. The Kier molecular flexibility index (Phi) is 3.08. The van der Waals surface area contributed by atoms with Crippen LogP contribution in [0.5, 0.6) is 0 Å². The Morgan fingerprint density at radius 1 is 1.33 bits per heavy atom. The van der Waals surface area contributed by atoms with Gasteiger partial charge in [0, 0.05) is 11.3 Å². The highest BCUT2D eigenvalue weighted by atomic mass is 16.5. The van der Waals surface area contributed by atoms with E-state index in [9.17, 15) is 0 Å². The Hall–Kier alpha value is -1.35. The summed E-state index contributed by atoms with van der Waals surface area (Å²) in [5.74, 6) is 0.566. The fourth-order valence-corrected chi connectivity index (χ4v) is 2.88. The molecule has 0 spiro atoms. The lowest BCUT2D eigenvalue weighted by Gasteiger charge is -2.29. The molecule has 0 atom stereocenters. The molecule has 1 aliphatic rings. The zero-order valence-electron chi connectivity index (χ0n) is 11.1. The van der Waals surface area contributed by atoms with E-state index in [0.717, 1.165) is 12.1 Å². The molecule has 3 rings (SSSR count). The summed E-state index contributed by atoms with van der Waals surface area (Å²) < 4.78 is 5.47. The van der Waals surface area contributed by atoms with Crippen LogP contribution in [0.25, 0.3) is 11.0 Å². The van der Waals surface area contributed by atoms with Crippen molar-refractivity contribution in [3.8, 4) is 0 Å². The lowest BCUT2D eigenvalue weighted by molar-refractivity contribution is 0.219. The van der Waals surface area contributed by atoms with Gasteiger partial charge in [0.1, 0.15) is 0 Å². The number of hydrogen-bond acceptors (Lipinski definition) is 3. The molecule has 0 aliphatic carbocycles. The molecule has 1 fully saturated rings. The van der Waals surface area contributed by atoms with Crippen molar-refractivity contribution in [2.24, 2.45) is 0 Å². The summed E-state index contributed by atoms with van der Waals surface area (Å²) in [5, 5.41) is 5.52. The minimum Gasteiger partial charge on any atom is -0.356 e. The first kappa shape index (κ1) is 11.7. The van der Waals surface area contributed by atoms with Crippen molar-refractivity contribution >= 4 is 11.0 Å². The normalized spacial score (nSPS) is 18.6. The van der Waals surface area contributed by atoms with E-state index in [2.05, 4.69) is 42.1 Å². The van der Waals surface area contributed by atoms with Crippen LogP contribution in [0.15, 0.2) is 22.7 Å². The molecule has 0 saturated carbocycles. The predicted octanol–water partition coefficient (Wildman–Crippen LogP) is 3.34. The maximum absolute atomic E-state index is 5.47. The number of aryl methyl sites for hydroxylation is 1. The summed E-state index contributed by atoms with van der Waals surface area (Å²) >= 11 is 0. The van der Waals surface area contributed by atoms with Gasteiger partial charge in [0.05, 0.1) is 5.69 Å². The zero-order valence-corrected chi connectivity index (χ0v) is 11.1. The highest BCUT2D eigenvalue weighted by Gasteiger charge is 2.24. The third kappa shape index (κ3) is 2.03. The smallest absolute Gasteiger partial charge is 0.167 e. The number of likely N-dealkylation sites (tertiary alicyclic amines) is 1. The van der Waals surface area contributed by atoms with Gasteiger partial charge in [0.25, 0.3) is 0 Å². The van der Waals surface area contributed by atoms with Crippen LogP contribution in [0.1, 0.15) is 36.9 Å². The molecule has 2 aromatic rings. The second-order valence-electron chi connectivity index (χ2n) is 5.28. The molecule has 1 aliphatic heterocycles. The summed E-state index contributed by atoms with van der Waals surface area (Å²) in [6, 6.07) is 6.37. The van der Waals surface area contributed by atoms with Gasteiger partial charge in [-0.25, -0.2) is 0 Å². The second-order valence-corrected chi connectivity index (χ2v) is 5.28. The summed E-state index contributed by atoms with van der Waals surface area (Å²) in [6.07, 6.45) is 2.40. The lowest BCUT2D eigenvalue weighted by Crippen LogP contribution is -2.32. The Balaban J connectivity index is 1.87. The van der Waals surface area contributed by atoms with E-state index in [1.807, 2.05) is 0 Å². The minimum atomic E-state index is 0.566. The van der Waals surface area contributed by atoms with Crippen LogP contribution in [0.4, 0.5) is 0 Å². The number of benzene rings is 1. The van der Waals surface area contributed by atoms with Gasteiger partial charge in [-0.05, 0) is 57.1 Å².